The average Bonchev–Trinajstić information content (AvgIpc) is 2.61. The summed E-state index contributed by atoms with van der Waals surface area (Å²) in [6.07, 6.45) is 3.41. The summed E-state index contributed by atoms with van der Waals surface area (Å²) < 4.78 is 0. The van der Waals surface area contributed by atoms with Gasteiger partial charge in [-0.25, -0.2) is 0 Å². The Bertz CT molecular complexity index is 392. The summed E-state index contributed by atoms with van der Waals surface area (Å²) in [5, 5.41) is 0. The number of Topliss-reactive ketones (excluding diaryl/α,β-unsaturated/α-hetero) is 1. The Morgan fingerprint density at radius 3 is 2.40 bits per heavy atom. The lowest BCUT2D eigenvalue weighted by Crippen LogP contribution is -2.26. The van der Waals surface area contributed by atoms with E-state index in [4.69, 9.17) is 0 Å². The molecule has 1 saturated carbocycles. The fraction of sp³-hybridized carbons (Fsp3) is 0.385. The van der Waals surface area contributed by atoms with Crippen molar-refractivity contribution < 1.29 is 9.59 Å². The van der Waals surface area contributed by atoms with Gasteiger partial charge in [-0.1, -0.05) is 24.3 Å². The van der Waals surface area contributed by atoms with Crippen LogP contribution in [0, 0.1) is 0 Å². The molecule has 0 spiro atoms. The van der Waals surface area contributed by atoms with Crippen LogP contribution in [0.15, 0.2) is 24.3 Å². The van der Waals surface area contributed by atoms with Crippen molar-refractivity contribution in [2.75, 3.05) is 0 Å². The molecule has 1 aromatic rings. The lowest BCUT2D eigenvalue weighted by molar-refractivity contribution is -0.121. The van der Waals surface area contributed by atoms with Gasteiger partial charge in [0.1, 0.15) is 12.1 Å². The second-order valence-electron chi connectivity index (χ2n) is 4.35. The molecule has 0 unspecified atom stereocenters. The second-order valence-corrected chi connectivity index (χ2v) is 4.35. The second kappa shape index (κ2) is 3.61. The first-order chi connectivity index (χ1) is 7.16. The summed E-state index contributed by atoms with van der Waals surface area (Å²) in [5.41, 5.74) is 1.38. The van der Waals surface area contributed by atoms with Crippen molar-refractivity contribution in [2.24, 2.45) is 0 Å². The van der Waals surface area contributed by atoms with Gasteiger partial charge in [-0.15, -0.1) is 0 Å². The van der Waals surface area contributed by atoms with Gasteiger partial charge in [-0.05, 0) is 25.3 Å². The number of carbonyl (C=O) groups excluding carboxylic acids is 2. The molecule has 0 aromatic heterocycles. The first-order valence-electron chi connectivity index (χ1n) is 5.26. The third kappa shape index (κ3) is 1.60. The number of hydrogen-bond acceptors (Lipinski definition) is 2. The van der Waals surface area contributed by atoms with E-state index in [0.29, 0.717) is 17.8 Å². The quantitative estimate of drug-likeness (QED) is 0.690. The van der Waals surface area contributed by atoms with Gasteiger partial charge in [0, 0.05) is 12.0 Å². The highest BCUT2D eigenvalue weighted by Crippen LogP contribution is 2.37. The highest BCUT2D eigenvalue weighted by atomic mass is 16.1. The molecule has 1 aliphatic rings. The van der Waals surface area contributed by atoms with E-state index in [1.165, 1.54) is 0 Å². The van der Waals surface area contributed by atoms with E-state index in [-0.39, 0.29) is 5.41 Å². The fourth-order valence-corrected chi connectivity index (χ4v) is 2.25. The standard InChI is InChI=1S/C13H14O2/c1-13(8-2-3-12(13)15)11-6-4-10(9-14)5-7-11/h4-7,9H,2-3,8H2,1H3/t13-/m1/s1. The van der Waals surface area contributed by atoms with E-state index < -0.39 is 0 Å². The summed E-state index contributed by atoms with van der Waals surface area (Å²) >= 11 is 0. The summed E-state index contributed by atoms with van der Waals surface area (Å²) in [5.74, 6) is 0.321. The maximum Gasteiger partial charge on any atom is 0.150 e. The molecule has 2 rings (SSSR count). The Morgan fingerprint density at radius 2 is 1.93 bits per heavy atom. The van der Waals surface area contributed by atoms with E-state index in [1.807, 2.05) is 19.1 Å². The van der Waals surface area contributed by atoms with Crippen molar-refractivity contribution >= 4 is 12.1 Å². The zero-order valence-electron chi connectivity index (χ0n) is 8.82. The molecule has 0 N–H and O–H groups in total. The van der Waals surface area contributed by atoms with Crippen LogP contribution in [0.25, 0.3) is 0 Å². The van der Waals surface area contributed by atoms with Crippen molar-refractivity contribution in [2.45, 2.75) is 31.6 Å². The number of hydrogen-bond donors (Lipinski definition) is 0. The van der Waals surface area contributed by atoms with Crippen molar-refractivity contribution in [3.63, 3.8) is 0 Å². The molecule has 2 nitrogen and oxygen atoms in total. The number of carbonyl (C=O) groups is 2. The molecule has 1 fully saturated rings. The van der Waals surface area contributed by atoms with Crippen LogP contribution in [-0.2, 0) is 10.2 Å². The Hall–Kier alpha value is -1.44. The summed E-state index contributed by atoms with van der Waals surface area (Å²) in [4.78, 5) is 22.3. The Balaban J connectivity index is 2.36. The molecule has 0 amide bonds. The average molecular weight is 202 g/mol. The first-order valence-corrected chi connectivity index (χ1v) is 5.26. The zero-order chi connectivity index (χ0) is 10.9. The van der Waals surface area contributed by atoms with Crippen LogP contribution in [-0.4, -0.2) is 12.1 Å². The van der Waals surface area contributed by atoms with Crippen LogP contribution in [0.1, 0.15) is 42.1 Å². The number of rotatable bonds is 2. The largest absolute Gasteiger partial charge is 0.299 e. The zero-order valence-corrected chi connectivity index (χ0v) is 8.82. The Morgan fingerprint density at radius 1 is 1.27 bits per heavy atom. The minimum absolute atomic E-state index is 0.318. The van der Waals surface area contributed by atoms with Crippen molar-refractivity contribution in [1.29, 1.82) is 0 Å². The molecule has 0 radical (unpaired) electrons. The van der Waals surface area contributed by atoms with E-state index in [1.54, 1.807) is 12.1 Å². The molecule has 78 valence electrons. The molecule has 0 saturated heterocycles. The van der Waals surface area contributed by atoms with Gasteiger partial charge < -0.3 is 0 Å². The number of benzene rings is 1. The predicted octanol–water partition coefficient (Wildman–Crippen LogP) is 2.51. The highest BCUT2D eigenvalue weighted by molar-refractivity contribution is 5.91. The minimum Gasteiger partial charge on any atom is -0.299 e. The van der Waals surface area contributed by atoms with Gasteiger partial charge >= 0.3 is 0 Å². The Labute approximate surface area is 89.3 Å². The van der Waals surface area contributed by atoms with Crippen LogP contribution in [0.3, 0.4) is 0 Å². The van der Waals surface area contributed by atoms with Crippen molar-refractivity contribution in [1.82, 2.24) is 0 Å². The molecular weight excluding hydrogens is 188 g/mol. The third-order valence-electron chi connectivity index (χ3n) is 3.38. The molecule has 0 bridgehead atoms. The van der Waals surface area contributed by atoms with Gasteiger partial charge in [0.2, 0.25) is 0 Å². The number of ketones is 1. The van der Waals surface area contributed by atoms with Crippen LogP contribution >= 0.6 is 0 Å². The highest BCUT2D eigenvalue weighted by Gasteiger charge is 2.38. The van der Waals surface area contributed by atoms with Gasteiger partial charge in [0.25, 0.3) is 0 Å². The smallest absolute Gasteiger partial charge is 0.150 e. The van der Waals surface area contributed by atoms with E-state index in [2.05, 4.69) is 0 Å². The molecular formula is C13H14O2. The van der Waals surface area contributed by atoms with Crippen LogP contribution < -0.4 is 0 Å². The summed E-state index contributed by atoms with van der Waals surface area (Å²) in [7, 11) is 0. The van der Waals surface area contributed by atoms with Gasteiger partial charge in [0.15, 0.2) is 0 Å². The Kier molecular flexibility index (Phi) is 2.43. The molecule has 0 aliphatic heterocycles. The third-order valence-corrected chi connectivity index (χ3v) is 3.38. The maximum atomic E-state index is 11.8. The van der Waals surface area contributed by atoms with Gasteiger partial charge in [-0.2, -0.15) is 0 Å². The lowest BCUT2D eigenvalue weighted by Gasteiger charge is -2.22. The fourth-order valence-electron chi connectivity index (χ4n) is 2.25. The molecule has 0 heterocycles. The first kappa shape index (κ1) is 10.1. The monoisotopic (exact) mass is 202 g/mol. The van der Waals surface area contributed by atoms with E-state index >= 15 is 0 Å². The summed E-state index contributed by atoms with van der Waals surface area (Å²) in [6.45, 7) is 2.00. The lowest BCUT2D eigenvalue weighted by atomic mass is 9.80. The molecule has 2 heteroatoms. The van der Waals surface area contributed by atoms with E-state index in [9.17, 15) is 9.59 Å². The SMILES string of the molecule is C[C@]1(c2ccc(C=O)cc2)CCCC1=O. The normalized spacial score (nSPS) is 25.5. The van der Waals surface area contributed by atoms with Crippen LogP contribution in [0.2, 0.25) is 0 Å². The number of aldehydes is 1. The van der Waals surface area contributed by atoms with Crippen molar-refractivity contribution in [3.8, 4) is 0 Å². The van der Waals surface area contributed by atoms with Gasteiger partial charge in [0.05, 0.1) is 5.41 Å². The molecule has 1 aliphatic carbocycles. The van der Waals surface area contributed by atoms with Crippen molar-refractivity contribution in [3.05, 3.63) is 35.4 Å². The molecule has 1 atom stereocenters. The summed E-state index contributed by atoms with van der Waals surface area (Å²) in [6, 6.07) is 7.35. The minimum atomic E-state index is -0.318. The molecule has 1 aromatic carbocycles. The van der Waals surface area contributed by atoms with Crippen LogP contribution in [0.4, 0.5) is 0 Å². The molecule has 15 heavy (non-hydrogen) atoms. The van der Waals surface area contributed by atoms with Gasteiger partial charge in [-0.3, -0.25) is 9.59 Å². The van der Waals surface area contributed by atoms with E-state index in [0.717, 1.165) is 24.7 Å². The maximum absolute atomic E-state index is 11.8. The topological polar surface area (TPSA) is 34.1 Å². The predicted molar refractivity (Wildman–Crippen MR) is 58.0 cm³/mol. The van der Waals surface area contributed by atoms with Crippen LogP contribution in [0.5, 0.6) is 0 Å².